The monoisotopic (exact) mass is 287 g/mol. The highest BCUT2D eigenvalue weighted by Gasteiger charge is 2.24. The quantitative estimate of drug-likeness (QED) is 0.925. The molecule has 0 aromatic heterocycles. The lowest BCUT2D eigenvalue weighted by atomic mass is 10.1. The first-order chi connectivity index (χ1) is 7.31. The molecule has 1 aliphatic heterocycles. The zero-order valence-corrected chi connectivity index (χ0v) is 10.8. The SMILES string of the molecule is NCC(SC1COC1)c1ccccc1Br. The van der Waals surface area contributed by atoms with E-state index in [0.29, 0.717) is 17.0 Å². The van der Waals surface area contributed by atoms with Gasteiger partial charge < -0.3 is 10.5 Å². The maximum atomic E-state index is 5.82. The van der Waals surface area contributed by atoms with E-state index in [1.165, 1.54) is 5.56 Å². The van der Waals surface area contributed by atoms with Gasteiger partial charge in [-0.1, -0.05) is 34.1 Å². The molecule has 1 aromatic rings. The molecule has 0 spiro atoms. The van der Waals surface area contributed by atoms with Crippen LogP contribution in [0.25, 0.3) is 0 Å². The van der Waals surface area contributed by atoms with Crippen LogP contribution in [0.2, 0.25) is 0 Å². The highest BCUT2D eigenvalue weighted by molar-refractivity contribution is 9.10. The third kappa shape index (κ3) is 2.75. The van der Waals surface area contributed by atoms with Gasteiger partial charge in [-0.2, -0.15) is 0 Å². The minimum absolute atomic E-state index is 0.370. The lowest BCUT2D eigenvalue weighted by Crippen LogP contribution is -2.32. The molecule has 4 heteroatoms. The maximum absolute atomic E-state index is 5.82. The number of nitrogens with two attached hydrogens (primary N) is 1. The lowest BCUT2D eigenvalue weighted by Gasteiger charge is -2.29. The zero-order chi connectivity index (χ0) is 10.7. The molecule has 1 aliphatic rings. The molecule has 0 aliphatic carbocycles. The Morgan fingerprint density at radius 2 is 2.20 bits per heavy atom. The van der Waals surface area contributed by atoms with Crippen molar-refractivity contribution in [1.29, 1.82) is 0 Å². The fraction of sp³-hybridized carbons (Fsp3) is 0.455. The Labute approximate surface area is 103 Å². The average molecular weight is 288 g/mol. The molecule has 0 saturated carbocycles. The highest BCUT2D eigenvalue weighted by atomic mass is 79.9. The third-order valence-electron chi connectivity index (χ3n) is 2.43. The Balaban J connectivity index is 2.07. The largest absolute Gasteiger partial charge is 0.379 e. The summed E-state index contributed by atoms with van der Waals surface area (Å²) >= 11 is 5.49. The first-order valence-electron chi connectivity index (χ1n) is 4.99. The predicted octanol–water partition coefficient (Wildman–Crippen LogP) is 2.58. The van der Waals surface area contributed by atoms with Gasteiger partial charge >= 0.3 is 0 Å². The number of benzene rings is 1. The second kappa shape index (κ2) is 5.34. The van der Waals surface area contributed by atoms with Gasteiger partial charge in [0.1, 0.15) is 0 Å². The van der Waals surface area contributed by atoms with Gasteiger partial charge in [0.2, 0.25) is 0 Å². The molecule has 1 fully saturated rings. The van der Waals surface area contributed by atoms with Crippen molar-refractivity contribution < 1.29 is 4.74 Å². The standard InChI is InChI=1S/C11H14BrNOS/c12-10-4-2-1-3-9(10)11(5-13)15-8-6-14-7-8/h1-4,8,11H,5-7,13H2. The molecule has 15 heavy (non-hydrogen) atoms. The second-order valence-electron chi connectivity index (χ2n) is 3.54. The van der Waals surface area contributed by atoms with Gasteiger partial charge in [0.25, 0.3) is 0 Å². The molecular formula is C11H14BrNOS. The summed E-state index contributed by atoms with van der Waals surface area (Å²) in [5.41, 5.74) is 7.11. The van der Waals surface area contributed by atoms with Crippen molar-refractivity contribution in [1.82, 2.24) is 0 Å². The first-order valence-corrected chi connectivity index (χ1v) is 6.72. The Kier molecular flexibility index (Phi) is 4.08. The smallest absolute Gasteiger partial charge is 0.0608 e. The van der Waals surface area contributed by atoms with E-state index in [-0.39, 0.29) is 0 Å². The van der Waals surface area contributed by atoms with Crippen molar-refractivity contribution in [3.8, 4) is 0 Å². The number of rotatable bonds is 4. The van der Waals surface area contributed by atoms with Crippen LogP contribution in [0.1, 0.15) is 10.8 Å². The molecule has 2 rings (SSSR count). The summed E-state index contributed by atoms with van der Waals surface area (Å²) in [5.74, 6) is 0. The minimum atomic E-state index is 0.370. The molecule has 1 aromatic carbocycles. The van der Waals surface area contributed by atoms with Crippen molar-refractivity contribution in [2.45, 2.75) is 10.5 Å². The summed E-state index contributed by atoms with van der Waals surface area (Å²) in [6, 6.07) is 8.28. The van der Waals surface area contributed by atoms with Crippen molar-refractivity contribution >= 4 is 27.7 Å². The van der Waals surface area contributed by atoms with E-state index in [9.17, 15) is 0 Å². The molecule has 1 atom stereocenters. The van der Waals surface area contributed by atoms with Crippen LogP contribution in [0.4, 0.5) is 0 Å². The van der Waals surface area contributed by atoms with Crippen molar-refractivity contribution in [2.24, 2.45) is 5.73 Å². The zero-order valence-electron chi connectivity index (χ0n) is 8.36. The van der Waals surface area contributed by atoms with Gasteiger partial charge in [-0.05, 0) is 11.6 Å². The van der Waals surface area contributed by atoms with Crippen LogP contribution in [-0.4, -0.2) is 25.0 Å². The molecule has 1 unspecified atom stereocenters. The van der Waals surface area contributed by atoms with Crippen LogP contribution in [-0.2, 0) is 4.74 Å². The fourth-order valence-electron chi connectivity index (χ4n) is 1.52. The van der Waals surface area contributed by atoms with Crippen molar-refractivity contribution in [3.05, 3.63) is 34.3 Å². The number of ether oxygens (including phenoxy) is 1. The summed E-state index contributed by atoms with van der Waals surface area (Å²) in [5, 5.41) is 0.986. The van der Waals surface area contributed by atoms with E-state index in [2.05, 4.69) is 34.1 Å². The topological polar surface area (TPSA) is 35.2 Å². The Morgan fingerprint density at radius 3 is 2.73 bits per heavy atom. The molecular weight excluding hydrogens is 274 g/mol. The van der Waals surface area contributed by atoms with Crippen LogP contribution in [0.3, 0.4) is 0 Å². The second-order valence-corrected chi connectivity index (χ2v) is 5.90. The molecule has 0 amide bonds. The highest BCUT2D eigenvalue weighted by Crippen LogP contribution is 2.37. The van der Waals surface area contributed by atoms with Crippen molar-refractivity contribution in [2.75, 3.05) is 19.8 Å². The van der Waals surface area contributed by atoms with E-state index in [0.717, 1.165) is 17.7 Å². The molecule has 2 nitrogen and oxygen atoms in total. The first kappa shape index (κ1) is 11.5. The summed E-state index contributed by atoms with van der Waals surface area (Å²) in [6.45, 7) is 2.40. The van der Waals surface area contributed by atoms with Gasteiger partial charge in [-0.25, -0.2) is 0 Å². The van der Waals surface area contributed by atoms with E-state index in [4.69, 9.17) is 10.5 Å². The maximum Gasteiger partial charge on any atom is 0.0608 e. The van der Waals surface area contributed by atoms with Crippen LogP contribution in [0.15, 0.2) is 28.7 Å². The third-order valence-corrected chi connectivity index (χ3v) is 4.58. The van der Waals surface area contributed by atoms with E-state index >= 15 is 0 Å². The number of thioether (sulfide) groups is 1. The molecule has 82 valence electrons. The van der Waals surface area contributed by atoms with Crippen LogP contribution < -0.4 is 5.73 Å². The molecule has 0 bridgehead atoms. The average Bonchev–Trinajstić information content (AvgIpc) is 2.19. The predicted molar refractivity (Wildman–Crippen MR) is 68.1 cm³/mol. The molecule has 1 heterocycles. The van der Waals surface area contributed by atoms with Crippen LogP contribution >= 0.6 is 27.7 Å². The van der Waals surface area contributed by atoms with Gasteiger partial charge in [0, 0.05) is 16.3 Å². The van der Waals surface area contributed by atoms with Crippen LogP contribution in [0.5, 0.6) is 0 Å². The molecule has 0 radical (unpaired) electrons. The van der Waals surface area contributed by atoms with E-state index in [1.54, 1.807) is 0 Å². The Morgan fingerprint density at radius 1 is 1.47 bits per heavy atom. The molecule has 2 N–H and O–H groups in total. The Bertz CT molecular complexity index is 330. The van der Waals surface area contributed by atoms with E-state index < -0.39 is 0 Å². The minimum Gasteiger partial charge on any atom is -0.379 e. The van der Waals surface area contributed by atoms with Crippen LogP contribution in [0, 0.1) is 0 Å². The molecule has 1 saturated heterocycles. The summed E-state index contributed by atoms with van der Waals surface area (Å²) in [4.78, 5) is 0. The normalized spacial score (nSPS) is 18.5. The summed E-state index contributed by atoms with van der Waals surface area (Å²) < 4.78 is 6.32. The number of halogens is 1. The number of hydrogen-bond acceptors (Lipinski definition) is 3. The fourth-order valence-corrected chi connectivity index (χ4v) is 3.51. The number of hydrogen-bond donors (Lipinski definition) is 1. The lowest BCUT2D eigenvalue weighted by molar-refractivity contribution is 0.0453. The van der Waals surface area contributed by atoms with E-state index in [1.807, 2.05) is 17.8 Å². The van der Waals surface area contributed by atoms with Gasteiger partial charge in [0.15, 0.2) is 0 Å². The van der Waals surface area contributed by atoms with Gasteiger partial charge in [-0.15, -0.1) is 11.8 Å². The van der Waals surface area contributed by atoms with Crippen molar-refractivity contribution in [3.63, 3.8) is 0 Å². The summed E-state index contributed by atoms with van der Waals surface area (Å²) in [7, 11) is 0. The van der Waals surface area contributed by atoms with Gasteiger partial charge in [-0.3, -0.25) is 0 Å². The van der Waals surface area contributed by atoms with Gasteiger partial charge in [0.05, 0.1) is 18.5 Å². The summed E-state index contributed by atoms with van der Waals surface area (Å²) in [6.07, 6.45) is 0. The Hall–Kier alpha value is -0.0300.